The van der Waals surface area contributed by atoms with Gasteiger partial charge in [0.25, 0.3) is 0 Å². The number of allylic oxidation sites excluding steroid dienone is 5. The van der Waals surface area contributed by atoms with Crippen LogP contribution in [0.3, 0.4) is 0 Å². The highest BCUT2D eigenvalue weighted by Crippen LogP contribution is 2.15. The summed E-state index contributed by atoms with van der Waals surface area (Å²) in [6.45, 7) is 11.8. The second-order valence-corrected chi connectivity index (χ2v) is 8.31. The fourth-order valence-corrected chi connectivity index (χ4v) is 3.22. The molecule has 0 saturated heterocycles. The van der Waals surface area contributed by atoms with Crippen LogP contribution < -0.4 is 10.0 Å². The van der Waals surface area contributed by atoms with Gasteiger partial charge in [-0.05, 0) is 68.9 Å². The normalized spacial score (nSPS) is 23.4. The summed E-state index contributed by atoms with van der Waals surface area (Å²) in [6, 6.07) is 0. The van der Waals surface area contributed by atoms with Crippen LogP contribution in [0.15, 0.2) is 76.0 Å². The molecular weight excluding hydrogens is 406 g/mol. The van der Waals surface area contributed by atoms with Crippen LogP contribution in [-0.4, -0.2) is 74.7 Å². The van der Waals surface area contributed by atoms with E-state index >= 15 is 0 Å². The molecule has 0 fully saturated rings. The molecule has 0 bridgehead atoms. The predicted molar refractivity (Wildman–Crippen MR) is 137 cm³/mol. The van der Waals surface area contributed by atoms with Gasteiger partial charge in [0.2, 0.25) is 0 Å². The minimum absolute atomic E-state index is 0.531. The van der Waals surface area contributed by atoms with Crippen LogP contribution in [-0.2, 0) is 0 Å². The average molecular weight is 446 g/mol. The van der Waals surface area contributed by atoms with Gasteiger partial charge in [-0.25, -0.2) is 0 Å². The lowest BCUT2D eigenvalue weighted by atomic mass is 10.1. The minimum Gasteiger partial charge on any atom is -0.383 e. The highest BCUT2D eigenvalue weighted by Gasteiger charge is 2.09. The summed E-state index contributed by atoms with van der Waals surface area (Å²) in [5.41, 5.74) is 4.32. The number of nitrogens with one attached hydrogen (secondary N) is 2. The van der Waals surface area contributed by atoms with Crippen LogP contribution in [0, 0.1) is 0 Å². The second kappa shape index (κ2) is 15.7. The smallest absolute Gasteiger partial charge is 0.148 e. The van der Waals surface area contributed by atoms with E-state index in [4.69, 9.17) is 0 Å². The zero-order valence-electron chi connectivity index (χ0n) is 19.6. The van der Waals surface area contributed by atoms with E-state index < -0.39 is 6.23 Å². The average Bonchev–Trinajstić information content (AvgIpc) is 2.75. The van der Waals surface area contributed by atoms with Crippen molar-refractivity contribution < 1.29 is 5.11 Å². The van der Waals surface area contributed by atoms with Crippen molar-refractivity contribution in [2.75, 3.05) is 47.3 Å². The third kappa shape index (κ3) is 11.2. The maximum Gasteiger partial charge on any atom is 0.148 e. The number of nitrogens with zero attached hydrogens (tertiary/aromatic N) is 3. The maximum absolute atomic E-state index is 9.86. The highest BCUT2D eigenvalue weighted by atomic mass is 32.2. The van der Waals surface area contributed by atoms with Crippen LogP contribution >= 0.6 is 11.9 Å². The molecule has 0 amide bonds. The fourth-order valence-electron chi connectivity index (χ4n) is 2.85. The van der Waals surface area contributed by atoms with E-state index in [0.717, 1.165) is 42.2 Å². The van der Waals surface area contributed by atoms with Crippen LogP contribution in [0.2, 0.25) is 0 Å². The Morgan fingerprint density at radius 3 is 2.84 bits per heavy atom. The van der Waals surface area contributed by atoms with Crippen LogP contribution in [0.25, 0.3) is 0 Å². The van der Waals surface area contributed by atoms with Crippen molar-refractivity contribution in [3.63, 3.8) is 0 Å². The van der Waals surface area contributed by atoms with Crippen molar-refractivity contribution in [3.8, 4) is 0 Å². The topological polar surface area (TPSA) is 63.1 Å². The van der Waals surface area contributed by atoms with E-state index in [2.05, 4.69) is 64.6 Å². The molecule has 1 atom stereocenters. The first-order valence-corrected chi connectivity index (χ1v) is 11.5. The first-order valence-electron chi connectivity index (χ1n) is 10.6. The summed E-state index contributed by atoms with van der Waals surface area (Å²) in [5, 5.41) is 15.4. The molecule has 0 spiro atoms. The van der Waals surface area contributed by atoms with Gasteiger partial charge in [-0.15, -0.1) is 0 Å². The van der Waals surface area contributed by atoms with Gasteiger partial charge in [0.1, 0.15) is 6.23 Å². The molecule has 0 aromatic carbocycles. The summed E-state index contributed by atoms with van der Waals surface area (Å²) < 4.78 is 3.07. The van der Waals surface area contributed by atoms with Crippen molar-refractivity contribution in [2.45, 2.75) is 26.5 Å². The second-order valence-electron chi connectivity index (χ2n) is 7.39. The Labute approximate surface area is 193 Å². The van der Waals surface area contributed by atoms with Crippen molar-refractivity contribution in [1.82, 2.24) is 19.8 Å². The summed E-state index contributed by atoms with van der Waals surface area (Å²) >= 11 is 1.54. The molecule has 0 saturated carbocycles. The molecule has 1 heterocycles. The summed E-state index contributed by atoms with van der Waals surface area (Å²) in [7, 11) is 6.09. The Bertz CT molecular complexity index is 736. The number of rotatable bonds is 12. The fraction of sp³-hybridized carbons (Fsp3) is 0.458. The van der Waals surface area contributed by atoms with Crippen molar-refractivity contribution in [3.05, 3.63) is 71.0 Å². The quantitative estimate of drug-likeness (QED) is 0.316. The van der Waals surface area contributed by atoms with E-state index in [0.29, 0.717) is 13.0 Å². The summed E-state index contributed by atoms with van der Waals surface area (Å²) in [5.74, 6) is 0. The van der Waals surface area contributed by atoms with Gasteiger partial charge in [-0.2, -0.15) is 0 Å². The van der Waals surface area contributed by atoms with Gasteiger partial charge in [-0.1, -0.05) is 37.1 Å². The largest absolute Gasteiger partial charge is 0.383 e. The SMILES string of the molecule is C=C/C(NCCN(C)CC)=C(\C=C\SNC)CN(C)C1=C/C=C(\C)CC(O)/N=C/C=C\1. The number of hydrogen-bond donors (Lipinski definition) is 3. The monoisotopic (exact) mass is 445 g/mol. The van der Waals surface area contributed by atoms with Crippen molar-refractivity contribution in [2.24, 2.45) is 4.99 Å². The first kappa shape index (κ1) is 27.0. The Morgan fingerprint density at radius 2 is 2.16 bits per heavy atom. The van der Waals surface area contributed by atoms with E-state index in [-0.39, 0.29) is 0 Å². The molecule has 172 valence electrons. The summed E-state index contributed by atoms with van der Waals surface area (Å²) in [4.78, 5) is 8.60. The molecule has 0 radical (unpaired) electrons. The van der Waals surface area contributed by atoms with Crippen molar-refractivity contribution >= 4 is 18.2 Å². The Morgan fingerprint density at radius 1 is 1.39 bits per heavy atom. The number of hydrogen-bond acceptors (Lipinski definition) is 7. The molecule has 1 aliphatic heterocycles. The number of aliphatic hydroxyl groups is 1. The standard InChI is InChI=1S/C24H39N5OS/c1-7-23(26-15-16-28(5)8-2)21(13-17-31-25-4)19-29(6)22-10-9-14-27-24(30)18-20(3)11-12-22/h7,9-14,17,24-26,30H,1,8,15-16,18-19H2,2-6H3/b10-9-,17-13+,20-11+,22-12+,23-21-,27-14+. The molecule has 0 aliphatic carbocycles. The summed E-state index contributed by atoms with van der Waals surface area (Å²) in [6.07, 6.45) is 13.5. The van der Waals surface area contributed by atoms with Crippen LogP contribution in [0.1, 0.15) is 20.3 Å². The maximum atomic E-state index is 9.86. The molecule has 0 aromatic heterocycles. The lowest BCUT2D eigenvalue weighted by Crippen LogP contribution is -2.30. The van der Waals surface area contributed by atoms with E-state index in [1.54, 1.807) is 6.21 Å². The number of aliphatic hydroxyl groups excluding tert-OH is 1. The molecule has 1 aliphatic rings. The van der Waals surface area contributed by atoms with Gasteiger partial charge in [0, 0.05) is 50.7 Å². The number of aliphatic imine (C=N–C) groups is 1. The van der Waals surface area contributed by atoms with Gasteiger partial charge < -0.3 is 20.2 Å². The zero-order chi connectivity index (χ0) is 23.1. The molecule has 1 unspecified atom stereocenters. The van der Waals surface area contributed by atoms with E-state index in [1.165, 1.54) is 11.9 Å². The molecule has 31 heavy (non-hydrogen) atoms. The lowest BCUT2D eigenvalue weighted by molar-refractivity contribution is 0.186. The Kier molecular flexibility index (Phi) is 13.7. The van der Waals surface area contributed by atoms with Gasteiger partial charge >= 0.3 is 0 Å². The molecule has 0 aromatic rings. The van der Waals surface area contributed by atoms with Gasteiger partial charge in [-0.3, -0.25) is 9.71 Å². The Balaban J connectivity index is 3.09. The predicted octanol–water partition coefficient (Wildman–Crippen LogP) is 3.46. The molecular formula is C24H39N5OS. The van der Waals surface area contributed by atoms with Gasteiger partial charge in [0.15, 0.2) is 0 Å². The molecule has 1 rings (SSSR count). The lowest BCUT2D eigenvalue weighted by Gasteiger charge is -2.23. The highest BCUT2D eigenvalue weighted by molar-refractivity contribution is 8.00. The minimum atomic E-state index is -0.689. The first-order chi connectivity index (χ1) is 14.9. The third-order valence-corrected chi connectivity index (χ3v) is 5.36. The molecule has 3 N–H and O–H groups in total. The number of likely N-dealkylation sites (N-methyl/N-ethyl adjacent to an activating group) is 2. The van der Waals surface area contributed by atoms with E-state index in [1.807, 2.05) is 43.7 Å². The van der Waals surface area contributed by atoms with Crippen LogP contribution in [0.4, 0.5) is 0 Å². The van der Waals surface area contributed by atoms with E-state index in [9.17, 15) is 5.11 Å². The van der Waals surface area contributed by atoms with Gasteiger partial charge in [0.05, 0.1) is 0 Å². The molecule has 6 nitrogen and oxygen atoms in total. The zero-order valence-corrected chi connectivity index (χ0v) is 20.5. The Hall–Kier alpha value is -2.06. The third-order valence-electron chi connectivity index (χ3n) is 4.86. The molecule has 7 heteroatoms. The van der Waals surface area contributed by atoms with Crippen molar-refractivity contribution in [1.29, 1.82) is 0 Å². The van der Waals surface area contributed by atoms with Crippen LogP contribution in [0.5, 0.6) is 0 Å².